The number of carbonyl (C=O) groups excluding carboxylic acids is 1. The lowest BCUT2D eigenvalue weighted by Crippen LogP contribution is -2.33. The number of rotatable bonds is 7. The molecule has 0 spiro atoms. The molecule has 1 aromatic heterocycles. The first-order valence-corrected chi connectivity index (χ1v) is 8.73. The standard InChI is InChI=1S/C20H22N4O4/c1-24(20(25)21-16-13-15(26-2)9-10-17(16)27-3)12-11-18-22-19(28-23-18)14-7-5-4-6-8-14/h4-10,13H,11-12H2,1-3H3,(H,21,25). The molecule has 8 nitrogen and oxygen atoms in total. The summed E-state index contributed by atoms with van der Waals surface area (Å²) in [5.74, 6) is 2.17. The van der Waals surface area contributed by atoms with Crippen LogP contribution in [0.2, 0.25) is 0 Å². The Hall–Kier alpha value is -3.55. The maximum absolute atomic E-state index is 12.5. The highest BCUT2D eigenvalue weighted by Crippen LogP contribution is 2.29. The first-order valence-electron chi connectivity index (χ1n) is 8.73. The molecule has 1 N–H and O–H groups in total. The quantitative estimate of drug-likeness (QED) is 0.673. The monoisotopic (exact) mass is 382 g/mol. The first kappa shape index (κ1) is 19.2. The molecule has 3 aromatic rings. The maximum atomic E-state index is 12.5. The lowest BCUT2D eigenvalue weighted by atomic mass is 10.2. The van der Waals surface area contributed by atoms with Crippen molar-refractivity contribution in [2.45, 2.75) is 6.42 Å². The number of likely N-dealkylation sites (N-methyl/N-ethyl adjacent to an activating group) is 1. The molecule has 0 saturated heterocycles. The van der Waals surface area contributed by atoms with Crippen molar-refractivity contribution in [3.05, 3.63) is 54.4 Å². The molecule has 0 aliphatic heterocycles. The molecule has 0 aliphatic carbocycles. The van der Waals surface area contributed by atoms with Gasteiger partial charge in [-0.2, -0.15) is 4.98 Å². The van der Waals surface area contributed by atoms with Gasteiger partial charge in [0.1, 0.15) is 11.5 Å². The molecule has 146 valence electrons. The van der Waals surface area contributed by atoms with Gasteiger partial charge in [0.25, 0.3) is 5.89 Å². The highest BCUT2D eigenvalue weighted by Gasteiger charge is 2.15. The second-order valence-corrected chi connectivity index (χ2v) is 6.05. The molecule has 0 radical (unpaired) electrons. The van der Waals surface area contributed by atoms with Crippen molar-refractivity contribution in [1.82, 2.24) is 15.0 Å². The number of anilines is 1. The van der Waals surface area contributed by atoms with E-state index in [0.717, 1.165) is 5.56 Å². The van der Waals surface area contributed by atoms with Crippen LogP contribution in [0.25, 0.3) is 11.5 Å². The van der Waals surface area contributed by atoms with Crippen LogP contribution in [0.5, 0.6) is 11.5 Å². The number of nitrogens with zero attached hydrogens (tertiary/aromatic N) is 3. The van der Waals surface area contributed by atoms with E-state index >= 15 is 0 Å². The molecule has 0 unspecified atom stereocenters. The van der Waals surface area contributed by atoms with Crippen molar-refractivity contribution in [1.29, 1.82) is 0 Å². The van der Waals surface area contributed by atoms with Crippen LogP contribution >= 0.6 is 0 Å². The van der Waals surface area contributed by atoms with E-state index in [1.807, 2.05) is 30.3 Å². The highest BCUT2D eigenvalue weighted by atomic mass is 16.5. The summed E-state index contributed by atoms with van der Waals surface area (Å²) >= 11 is 0. The van der Waals surface area contributed by atoms with Crippen LogP contribution in [-0.2, 0) is 6.42 Å². The van der Waals surface area contributed by atoms with Crippen LogP contribution in [0, 0.1) is 0 Å². The second-order valence-electron chi connectivity index (χ2n) is 6.05. The second kappa shape index (κ2) is 8.90. The third-order valence-corrected chi connectivity index (χ3v) is 4.15. The Bertz CT molecular complexity index is 927. The average molecular weight is 382 g/mol. The van der Waals surface area contributed by atoms with Gasteiger partial charge in [0.05, 0.1) is 19.9 Å². The normalized spacial score (nSPS) is 10.4. The van der Waals surface area contributed by atoms with Crippen LogP contribution in [-0.4, -0.2) is 48.9 Å². The Kier molecular flexibility index (Phi) is 6.11. The van der Waals surface area contributed by atoms with Crippen LogP contribution in [0.3, 0.4) is 0 Å². The average Bonchev–Trinajstić information content (AvgIpc) is 3.21. The van der Waals surface area contributed by atoms with Gasteiger partial charge >= 0.3 is 6.03 Å². The van der Waals surface area contributed by atoms with Gasteiger partial charge in [-0.05, 0) is 24.3 Å². The number of hydrogen-bond acceptors (Lipinski definition) is 6. The molecule has 0 aliphatic rings. The summed E-state index contributed by atoms with van der Waals surface area (Å²) in [7, 11) is 4.80. The van der Waals surface area contributed by atoms with Crippen molar-refractivity contribution in [3.8, 4) is 23.0 Å². The van der Waals surface area contributed by atoms with Crippen LogP contribution in [0.4, 0.5) is 10.5 Å². The number of methoxy groups -OCH3 is 2. The first-order chi connectivity index (χ1) is 13.6. The van der Waals surface area contributed by atoms with E-state index < -0.39 is 0 Å². The van der Waals surface area contributed by atoms with E-state index in [0.29, 0.717) is 41.9 Å². The van der Waals surface area contributed by atoms with Crippen molar-refractivity contribution in [3.63, 3.8) is 0 Å². The lowest BCUT2D eigenvalue weighted by Gasteiger charge is -2.18. The molecule has 2 amide bonds. The van der Waals surface area contributed by atoms with Gasteiger partial charge < -0.3 is 24.2 Å². The maximum Gasteiger partial charge on any atom is 0.321 e. The fraction of sp³-hybridized carbons (Fsp3) is 0.250. The lowest BCUT2D eigenvalue weighted by molar-refractivity contribution is 0.222. The zero-order valence-corrected chi connectivity index (χ0v) is 16.0. The molecule has 8 heteroatoms. The number of hydrogen-bond donors (Lipinski definition) is 1. The Balaban J connectivity index is 1.59. The van der Waals surface area contributed by atoms with Crippen molar-refractivity contribution < 1.29 is 18.8 Å². The summed E-state index contributed by atoms with van der Waals surface area (Å²) in [5.41, 5.74) is 1.39. The van der Waals surface area contributed by atoms with Crippen LogP contribution < -0.4 is 14.8 Å². The molecule has 0 saturated carbocycles. The number of nitrogens with one attached hydrogen (secondary N) is 1. The molecule has 0 atom stereocenters. The Labute approximate surface area is 163 Å². The van der Waals surface area contributed by atoms with E-state index in [1.54, 1.807) is 39.5 Å². The molecule has 28 heavy (non-hydrogen) atoms. The summed E-state index contributed by atoms with van der Waals surface area (Å²) < 4.78 is 15.8. The molecule has 0 fully saturated rings. The van der Waals surface area contributed by atoms with Crippen LogP contribution in [0.15, 0.2) is 53.1 Å². The molecular formula is C20H22N4O4. The summed E-state index contributed by atoms with van der Waals surface area (Å²) in [4.78, 5) is 18.4. The Morgan fingerprint density at radius 1 is 1.14 bits per heavy atom. The van der Waals surface area contributed by atoms with Gasteiger partial charge in [-0.15, -0.1) is 0 Å². The number of benzene rings is 2. The fourth-order valence-corrected chi connectivity index (χ4v) is 2.55. The van der Waals surface area contributed by atoms with Gasteiger partial charge in [0, 0.05) is 31.6 Å². The minimum absolute atomic E-state index is 0.279. The van der Waals surface area contributed by atoms with Crippen molar-refractivity contribution >= 4 is 11.7 Å². The van der Waals surface area contributed by atoms with E-state index in [9.17, 15) is 4.79 Å². The number of urea groups is 1. The molecule has 0 bridgehead atoms. The largest absolute Gasteiger partial charge is 0.497 e. The minimum atomic E-state index is -0.279. The van der Waals surface area contributed by atoms with Gasteiger partial charge in [-0.25, -0.2) is 4.79 Å². The number of carbonyl (C=O) groups is 1. The summed E-state index contributed by atoms with van der Waals surface area (Å²) in [5, 5.41) is 6.80. The predicted octanol–water partition coefficient (Wildman–Crippen LogP) is 3.46. The fourth-order valence-electron chi connectivity index (χ4n) is 2.55. The highest BCUT2D eigenvalue weighted by molar-refractivity contribution is 5.91. The van der Waals surface area contributed by atoms with Gasteiger partial charge in [-0.1, -0.05) is 23.4 Å². The molecule has 1 heterocycles. The smallest absolute Gasteiger partial charge is 0.321 e. The molecular weight excluding hydrogens is 360 g/mol. The Morgan fingerprint density at radius 2 is 1.93 bits per heavy atom. The topological polar surface area (TPSA) is 89.7 Å². The van der Waals surface area contributed by atoms with Crippen molar-refractivity contribution in [2.75, 3.05) is 33.1 Å². The zero-order chi connectivity index (χ0) is 19.9. The van der Waals surface area contributed by atoms with E-state index in [2.05, 4.69) is 15.5 Å². The Morgan fingerprint density at radius 3 is 2.64 bits per heavy atom. The third-order valence-electron chi connectivity index (χ3n) is 4.15. The minimum Gasteiger partial charge on any atom is -0.497 e. The number of amides is 2. The van der Waals surface area contributed by atoms with Crippen molar-refractivity contribution in [2.24, 2.45) is 0 Å². The van der Waals surface area contributed by atoms with E-state index in [1.165, 1.54) is 4.90 Å². The summed E-state index contributed by atoms with van der Waals surface area (Å²) in [6, 6.07) is 14.5. The van der Waals surface area contributed by atoms with Gasteiger partial charge in [-0.3, -0.25) is 0 Å². The summed E-state index contributed by atoms with van der Waals surface area (Å²) in [6.07, 6.45) is 0.468. The van der Waals surface area contributed by atoms with Crippen LogP contribution in [0.1, 0.15) is 5.82 Å². The molecule has 3 rings (SSSR count). The third kappa shape index (κ3) is 4.59. The zero-order valence-electron chi connectivity index (χ0n) is 16.0. The number of ether oxygens (including phenoxy) is 2. The van der Waals surface area contributed by atoms with Gasteiger partial charge in [0.15, 0.2) is 5.82 Å². The van der Waals surface area contributed by atoms with Gasteiger partial charge in [0.2, 0.25) is 0 Å². The SMILES string of the molecule is COc1ccc(OC)c(NC(=O)N(C)CCc2noc(-c3ccccc3)n2)c1. The van der Waals surface area contributed by atoms with E-state index in [-0.39, 0.29) is 6.03 Å². The predicted molar refractivity (Wildman–Crippen MR) is 105 cm³/mol. The summed E-state index contributed by atoms with van der Waals surface area (Å²) in [6.45, 7) is 0.423. The van der Waals surface area contributed by atoms with E-state index in [4.69, 9.17) is 14.0 Å². The number of aromatic nitrogens is 2. The molecule has 2 aromatic carbocycles.